The lowest BCUT2D eigenvalue weighted by Crippen LogP contribution is -2.17. The first-order valence-electron chi connectivity index (χ1n) is 5.60. The van der Waals surface area contributed by atoms with Gasteiger partial charge in [-0.05, 0) is 6.92 Å². The smallest absolute Gasteiger partial charge is 0.340 e. The van der Waals surface area contributed by atoms with Crippen LogP contribution >= 0.6 is 0 Å². The fourth-order valence-electron chi connectivity index (χ4n) is 1.68. The molecule has 9 heteroatoms. The van der Waals surface area contributed by atoms with E-state index in [2.05, 4.69) is 0 Å². The number of anilines is 1. The summed E-state index contributed by atoms with van der Waals surface area (Å²) in [7, 11) is 2.99. The van der Waals surface area contributed by atoms with E-state index in [1.807, 2.05) is 0 Å². The van der Waals surface area contributed by atoms with Gasteiger partial charge in [-0.25, -0.2) is 4.79 Å². The molecule has 0 atom stereocenters. The Morgan fingerprint density at radius 2 is 1.85 bits per heavy atom. The molecule has 0 aliphatic carbocycles. The molecule has 0 spiro atoms. The van der Waals surface area contributed by atoms with Gasteiger partial charge in [0.2, 0.25) is 0 Å². The molecule has 1 aromatic carbocycles. The maximum absolute atomic E-state index is 11.8. The molecule has 0 saturated heterocycles. The average molecular weight is 283 g/mol. The van der Waals surface area contributed by atoms with Gasteiger partial charge in [-0.2, -0.15) is 0 Å². The molecule has 108 valence electrons. The summed E-state index contributed by atoms with van der Waals surface area (Å²) in [6.07, 6.45) is 0. The molecule has 0 unspecified atom stereocenters. The molecule has 9 nitrogen and oxygen atoms in total. The summed E-state index contributed by atoms with van der Waals surface area (Å²) < 4.78 is 4.78. The van der Waals surface area contributed by atoms with Crippen molar-refractivity contribution in [2.75, 3.05) is 25.6 Å². The normalized spacial score (nSPS) is 9.95. The van der Waals surface area contributed by atoms with Crippen molar-refractivity contribution in [2.24, 2.45) is 0 Å². The number of nitrogens with zero attached hydrogens (tertiary/aromatic N) is 3. The Balaban J connectivity index is 3.63. The Hall–Kier alpha value is -2.71. The summed E-state index contributed by atoms with van der Waals surface area (Å²) in [4.78, 5) is 33.4. The maximum Gasteiger partial charge on any atom is 0.340 e. The predicted octanol–water partition coefficient (Wildman–Crippen LogP) is 1.75. The first-order valence-corrected chi connectivity index (χ1v) is 5.60. The first-order chi connectivity index (χ1) is 9.29. The van der Waals surface area contributed by atoms with Crippen molar-refractivity contribution in [1.29, 1.82) is 0 Å². The van der Waals surface area contributed by atoms with Gasteiger partial charge in [0.15, 0.2) is 0 Å². The molecular formula is C11H13N3O6. The van der Waals surface area contributed by atoms with E-state index in [1.165, 1.54) is 19.0 Å². The van der Waals surface area contributed by atoms with Crippen LogP contribution in [0.4, 0.5) is 17.1 Å². The van der Waals surface area contributed by atoms with Crippen molar-refractivity contribution < 1.29 is 19.4 Å². The van der Waals surface area contributed by atoms with Crippen molar-refractivity contribution >= 4 is 23.0 Å². The largest absolute Gasteiger partial charge is 0.462 e. The molecule has 0 amide bonds. The topological polar surface area (TPSA) is 116 Å². The summed E-state index contributed by atoms with van der Waals surface area (Å²) in [5.41, 5.74) is -1.30. The number of nitro groups is 2. The third-order valence-corrected chi connectivity index (χ3v) is 2.42. The second-order valence-electron chi connectivity index (χ2n) is 3.99. The number of carbonyl (C=O) groups is 1. The standard InChI is InChI=1S/C11H13N3O6/c1-4-20-11(15)8-5-7(13(16)17)6-9(14(18)19)10(8)12(2)3/h5-6H,4H2,1-3H3. The molecule has 0 fully saturated rings. The number of hydrogen-bond acceptors (Lipinski definition) is 7. The van der Waals surface area contributed by atoms with Gasteiger partial charge in [0.25, 0.3) is 11.4 Å². The van der Waals surface area contributed by atoms with E-state index < -0.39 is 27.2 Å². The first kappa shape index (κ1) is 15.3. The minimum atomic E-state index is -0.844. The molecule has 0 radical (unpaired) electrons. The number of nitro benzene ring substituents is 2. The van der Waals surface area contributed by atoms with E-state index in [0.29, 0.717) is 0 Å². The van der Waals surface area contributed by atoms with Crippen LogP contribution in [0, 0.1) is 20.2 Å². The molecule has 0 aliphatic heterocycles. The zero-order valence-electron chi connectivity index (χ0n) is 11.2. The van der Waals surface area contributed by atoms with Gasteiger partial charge in [0, 0.05) is 20.2 Å². The highest BCUT2D eigenvalue weighted by atomic mass is 16.6. The molecule has 1 rings (SSSR count). The lowest BCUT2D eigenvalue weighted by atomic mass is 10.1. The fraction of sp³-hybridized carbons (Fsp3) is 0.364. The third-order valence-electron chi connectivity index (χ3n) is 2.42. The van der Waals surface area contributed by atoms with Crippen molar-refractivity contribution in [3.8, 4) is 0 Å². The number of hydrogen-bond donors (Lipinski definition) is 0. The van der Waals surface area contributed by atoms with Crippen LogP contribution in [-0.4, -0.2) is 36.5 Å². The third kappa shape index (κ3) is 2.99. The molecule has 20 heavy (non-hydrogen) atoms. The van der Waals surface area contributed by atoms with E-state index in [4.69, 9.17) is 4.74 Å². The van der Waals surface area contributed by atoms with Crippen LogP contribution in [0.3, 0.4) is 0 Å². The van der Waals surface area contributed by atoms with Crippen LogP contribution < -0.4 is 4.90 Å². The Kier molecular flexibility index (Phi) is 4.57. The van der Waals surface area contributed by atoms with Crippen LogP contribution in [-0.2, 0) is 4.74 Å². The van der Waals surface area contributed by atoms with Crippen LogP contribution in [0.1, 0.15) is 17.3 Å². The summed E-state index contributed by atoms with van der Waals surface area (Å²) in [6.45, 7) is 1.63. The minimum Gasteiger partial charge on any atom is -0.462 e. The molecule has 0 aromatic heterocycles. The van der Waals surface area contributed by atoms with Crippen LogP contribution in [0.25, 0.3) is 0 Å². The Labute approximate surface area is 114 Å². The highest BCUT2D eigenvalue weighted by Crippen LogP contribution is 2.35. The van der Waals surface area contributed by atoms with Gasteiger partial charge in [-0.1, -0.05) is 0 Å². The zero-order chi connectivity index (χ0) is 15.4. The number of carbonyl (C=O) groups excluding carboxylic acids is 1. The van der Waals surface area contributed by atoms with Gasteiger partial charge in [0.05, 0.1) is 28.1 Å². The zero-order valence-corrected chi connectivity index (χ0v) is 11.2. The molecular weight excluding hydrogens is 270 g/mol. The van der Waals surface area contributed by atoms with Gasteiger partial charge in [0.1, 0.15) is 5.69 Å². The molecule has 1 aromatic rings. The second-order valence-corrected chi connectivity index (χ2v) is 3.99. The SMILES string of the molecule is CCOC(=O)c1cc([N+](=O)[O-])cc([N+](=O)[O-])c1N(C)C. The van der Waals surface area contributed by atoms with Crippen molar-refractivity contribution in [1.82, 2.24) is 0 Å². The Morgan fingerprint density at radius 1 is 1.25 bits per heavy atom. The molecule has 0 aliphatic rings. The van der Waals surface area contributed by atoms with Crippen molar-refractivity contribution in [2.45, 2.75) is 6.92 Å². The summed E-state index contributed by atoms with van der Waals surface area (Å²) in [6, 6.07) is 1.79. The predicted molar refractivity (Wildman–Crippen MR) is 70.0 cm³/mol. The van der Waals surface area contributed by atoms with Gasteiger partial charge < -0.3 is 9.64 Å². The van der Waals surface area contributed by atoms with Gasteiger partial charge >= 0.3 is 5.97 Å². The molecule has 0 bridgehead atoms. The summed E-state index contributed by atoms with van der Waals surface area (Å²) >= 11 is 0. The van der Waals surface area contributed by atoms with Crippen LogP contribution in [0.15, 0.2) is 12.1 Å². The summed E-state index contributed by atoms with van der Waals surface area (Å²) in [5.74, 6) is -0.844. The van der Waals surface area contributed by atoms with E-state index >= 15 is 0 Å². The minimum absolute atomic E-state index is 0.0287. The van der Waals surface area contributed by atoms with Crippen molar-refractivity contribution in [3.63, 3.8) is 0 Å². The fourth-order valence-corrected chi connectivity index (χ4v) is 1.68. The highest BCUT2D eigenvalue weighted by molar-refractivity contribution is 5.99. The maximum atomic E-state index is 11.8. The Morgan fingerprint density at radius 3 is 2.25 bits per heavy atom. The summed E-state index contributed by atoms with van der Waals surface area (Å²) in [5, 5.41) is 21.8. The van der Waals surface area contributed by atoms with Crippen LogP contribution in [0.5, 0.6) is 0 Å². The molecule has 0 heterocycles. The average Bonchev–Trinajstić information content (AvgIpc) is 2.36. The van der Waals surface area contributed by atoms with Gasteiger partial charge in [-0.15, -0.1) is 0 Å². The second kappa shape index (κ2) is 5.95. The lowest BCUT2D eigenvalue weighted by Gasteiger charge is -2.16. The number of rotatable bonds is 5. The van der Waals surface area contributed by atoms with E-state index in [-0.39, 0.29) is 17.9 Å². The number of benzene rings is 1. The molecule has 0 N–H and O–H groups in total. The molecule has 0 saturated carbocycles. The quantitative estimate of drug-likeness (QED) is 0.459. The lowest BCUT2D eigenvalue weighted by molar-refractivity contribution is -0.393. The number of non-ortho nitro benzene ring substituents is 1. The number of ether oxygens (including phenoxy) is 1. The van der Waals surface area contributed by atoms with E-state index in [1.54, 1.807) is 6.92 Å². The van der Waals surface area contributed by atoms with E-state index in [0.717, 1.165) is 12.1 Å². The monoisotopic (exact) mass is 283 g/mol. The highest BCUT2D eigenvalue weighted by Gasteiger charge is 2.29. The van der Waals surface area contributed by atoms with E-state index in [9.17, 15) is 25.0 Å². The van der Waals surface area contributed by atoms with Crippen LogP contribution in [0.2, 0.25) is 0 Å². The number of esters is 1. The van der Waals surface area contributed by atoms with Gasteiger partial charge in [-0.3, -0.25) is 20.2 Å². The Bertz CT molecular complexity index is 570. The van der Waals surface area contributed by atoms with Crippen molar-refractivity contribution in [3.05, 3.63) is 37.9 Å².